The van der Waals surface area contributed by atoms with Crippen LogP contribution >= 0.6 is 0 Å². The van der Waals surface area contributed by atoms with Gasteiger partial charge in [0.05, 0.1) is 30.8 Å². The molecule has 1 saturated heterocycles. The largest absolute Gasteiger partial charge is 0.457 e. The van der Waals surface area contributed by atoms with Crippen LogP contribution in [0.2, 0.25) is 0 Å². The van der Waals surface area contributed by atoms with Crippen LogP contribution < -0.4 is 5.32 Å². The van der Waals surface area contributed by atoms with Crippen molar-refractivity contribution in [2.45, 2.75) is 122 Å². The number of carbonyl (C=O) groups is 2. The van der Waals surface area contributed by atoms with Gasteiger partial charge in [-0.1, -0.05) is 58.1 Å². The second kappa shape index (κ2) is 17.0. The molecule has 2 aliphatic heterocycles. The molecule has 3 rings (SSSR count). The van der Waals surface area contributed by atoms with Crippen LogP contribution in [0.5, 0.6) is 0 Å². The van der Waals surface area contributed by atoms with Crippen LogP contribution in [0.4, 0.5) is 4.79 Å². The third-order valence-electron chi connectivity index (χ3n) is 8.73. The Morgan fingerprint density at radius 3 is 2.76 bits per heavy atom. The van der Waals surface area contributed by atoms with E-state index in [1.54, 1.807) is 37.5 Å². The third-order valence-corrected chi connectivity index (χ3v) is 8.73. The summed E-state index contributed by atoms with van der Waals surface area (Å²) in [4.78, 5) is 29.5. The lowest BCUT2D eigenvalue weighted by molar-refractivity contribution is -0.151. The van der Waals surface area contributed by atoms with Crippen molar-refractivity contribution in [3.8, 4) is 0 Å². The van der Waals surface area contributed by atoms with Gasteiger partial charge in [-0.25, -0.2) is 4.79 Å². The number of esters is 1. The number of aromatic nitrogens is 1. The minimum atomic E-state index is -1.50. The lowest BCUT2D eigenvalue weighted by Crippen LogP contribution is -2.44. The first-order chi connectivity index (χ1) is 21.3. The van der Waals surface area contributed by atoms with Crippen molar-refractivity contribution in [3.63, 3.8) is 0 Å². The number of aliphatic hydroxyl groups excluding tert-OH is 2. The Hall–Kier alpha value is -3.05. The normalized spacial score (nSPS) is 31.7. The fourth-order valence-electron chi connectivity index (χ4n) is 5.62. The van der Waals surface area contributed by atoms with E-state index in [0.29, 0.717) is 6.42 Å². The van der Waals surface area contributed by atoms with Gasteiger partial charge < -0.3 is 34.8 Å². The van der Waals surface area contributed by atoms with Gasteiger partial charge in [-0.05, 0) is 68.7 Å². The molecule has 4 N–H and O–H groups in total. The van der Waals surface area contributed by atoms with E-state index in [9.17, 15) is 24.9 Å². The number of hydrogen-bond donors (Lipinski definition) is 4. The Labute approximate surface area is 267 Å². The molecule has 0 radical (unpaired) electrons. The summed E-state index contributed by atoms with van der Waals surface area (Å²) >= 11 is 0. The summed E-state index contributed by atoms with van der Waals surface area (Å²) in [5.41, 5.74) is 0.102. The zero-order valence-electron chi connectivity index (χ0n) is 27.5. The molecular weight excluding hydrogens is 576 g/mol. The van der Waals surface area contributed by atoms with Crippen molar-refractivity contribution in [1.29, 1.82) is 0 Å². The number of hydrogen-bond acceptors (Lipinski definition) is 9. The number of nitrogens with one attached hydrogen (secondary N) is 1. The molecule has 0 spiro atoms. The van der Waals surface area contributed by atoms with Crippen molar-refractivity contribution in [3.05, 3.63) is 66.0 Å². The summed E-state index contributed by atoms with van der Waals surface area (Å²) in [6.45, 7) is 11.6. The van der Waals surface area contributed by atoms with Gasteiger partial charge in [0.1, 0.15) is 11.7 Å². The third kappa shape index (κ3) is 11.7. The number of nitrogens with zero attached hydrogens (tertiary/aromatic N) is 1. The predicted octanol–water partition coefficient (Wildman–Crippen LogP) is 4.78. The van der Waals surface area contributed by atoms with Crippen LogP contribution in [-0.2, 0) is 25.5 Å². The van der Waals surface area contributed by atoms with Gasteiger partial charge in [0.15, 0.2) is 6.10 Å². The molecule has 250 valence electrons. The van der Waals surface area contributed by atoms with Crippen molar-refractivity contribution in [2.75, 3.05) is 0 Å². The number of pyridine rings is 1. The highest BCUT2D eigenvalue weighted by molar-refractivity contribution is 5.70. The average Bonchev–Trinajstić information content (AvgIpc) is 3.77. The minimum absolute atomic E-state index is 0.0903. The highest BCUT2D eigenvalue weighted by Crippen LogP contribution is 2.36. The molecule has 45 heavy (non-hydrogen) atoms. The smallest absolute Gasteiger partial charge is 0.408 e. The molecule has 0 bridgehead atoms. The molecule has 1 fully saturated rings. The topological polar surface area (TPSA) is 151 Å². The van der Waals surface area contributed by atoms with Gasteiger partial charge in [0.25, 0.3) is 0 Å². The molecule has 1 amide bonds. The number of epoxide rings is 1. The van der Waals surface area contributed by atoms with Crippen LogP contribution in [0.3, 0.4) is 0 Å². The number of carbonyl (C=O) groups excluding carboxylic acids is 2. The maximum Gasteiger partial charge on any atom is 0.408 e. The molecule has 0 aliphatic carbocycles. The fraction of sp³-hybridized carbons (Fsp3) is 0.629. The van der Waals surface area contributed by atoms with E-state index in [-0.39, 0.29) is 61.9 Å². The summed E-state index contributed by atoms with van der Waals surface area (Å²) in [5, 5.41) is 34.6. The van der Waals surface area contributed by atoms with E-state index in [1.807, 2.05) is 45.9 Å². The maximum absolute atomic E-state index is 12.8. The summed E-state index contributed by atoms with van der Waals surface area (Å²) in [6, 6.07) is 3.60. The van der Waals surface area contributed by atoms with Crippen LogP contribution in [0, 0.1) is 17.8 Å². The Morgan fingerprint density at radius 2 is 2.07 bits per heavy atom. The highest BCUT2D eigenvalue weighted by atomic mass is 16.6. The molecule has 10 nitrogen and oxygen atoms in total. The number of cyclic esters (lactones) is 1. The molecule has 1 aromatic heterocycles. The molecule has 10 heteroatoms. The second-order valence-corrected chi connectivity index (χ2v) is 12.9. The summed E-state index contributed by atoms with van der Waals surface area (Å²) in [5.74, 6) is -0.510. The highest BCUT2D eigenvalue weighted by Gasteiger charge is 2.45. The molecule has 3 heterocycles. The lowest BCUT2D eigenvalue weighted by Gasteiger charge is -2.32. The molecule has 1 aromatic rings. The Kier molecular flexibility index (Phi) is 13.8. The number of alkyl carbamates (subject to hydrolysis) is 1. The van der Waals surface area contributed by atoms with E-state index in [2.05, 4.69) is 23.3 Å². The van der Waals surface area contributed by atoms with E-state index in [0.717, 1.165) is 17.6 Å². The minimum Gasteiger partial charge on any atom is -0.457 e. The molecule has 2 aliphatic rings. The van der Waals surface area contributed by atoms with Crippen LogP contribution in [0.1, 0.15) is 79.2 Å². The Bertz CT molecular complexity index is 1180. The number of ether oxygens (including phenoxy) is 3. The number of amides is 1. The van der Waals surface area contributed by atoms with E-state index < -0.39 is 36.0 Å². The van der Waals surface area contributed by atoms with Crippen molar-refractivity contribution in [1.82, 2.24) is 10.3 Å². The number of aliphatic hydroxyl groups is 3. The monoisotopic (exact) mass is 628 g/mol. The zero-order chi connectivity index (χ0) is 33.1. The molecular formula is C35H52N2O8. The van der Waals surface area contributed by atoms with Crippen LogP contribution in [0.15, 0.2) is 60.5 Å². The fourth-order valence-corrected chi connectivity index (χ4v) is 5.62. The number of rotatable bonds is 11. The summed E-state index contributed by atoms with van der Waals surface area (Å²) in [7, 11) is 0. The van der Waals surface area contributed by atoms with Crippen molar-refractivity contribution >= 4 is 12.1 Å². The first kappa shape index (κ1) is 36.4. The Morgan fingerprint density at radius 1 is 1.31 bits per heavy atom. The summed E-state index contributed by atoms with van der Waals surface area (Å²) in [6.07, 6.45) is 10.7. The van der Waals surface area contributed by atoms with Gasteiger partial charge in [-0.2, -0.15) is 0 Å². The van der Waals surface area contributed by atoms with Gasteiger partial charge in [-0.15, -0.1) is 0 Å². The standard InChI is InChI=1S/C35H52N2O8/c1-7-28(39)25(5)33-29(43-33)18-22(2)10-8-11-23(3)32-24(4)13-14-30(35(6,42)16-15-27(38)19-31(40)45-32)44-34(41)37-21-26-12-9-17-36-20-26/h8-14,17,20,22,24-25,27-30,32-33,38-39,42H,7,15-16,18-19,21H2,1-6H3,(H,37,41). The van der Waals surface area contributed by atoms with Gasteiger partial charge in [0, 0.05) is 30.8 Å². The van der Waals surface area contributed by atoms with Crippen LogP contribution in [-0.4, -0.2) is 74.6 Å². The quantitative estimate of drug-likeness (QED) is 0.117. The van der Waals surface area contributed by atoms with Gasteiger partial charge in [0.2, 0.25) is 0 Å². The summed E-state index contributed by atoms with van der Waals surface area (Å²) < 4.78 is 17.3. The lowest BCUT2D eigenvalue weighted by atomic mass is 9.88. The molecule has 10 atom stereocenters. The average molecular weight is 629 g/mol. The van der Waals surface area contributed by atoms with Gasteiger partial charge in [-0.3, -0.25) is 9.78 Å². The molecule has 10 unspecified atom stereocenters. The van der Waals surface area contributed by atoms with E-state index in [1.165, 1.54) is 0 Å². The molecule has 0 aromatic carbocycles. The van der Waals surface area contributed by atoms with E-state index in [4.69, 9.17) is 14.2 Å². The second-order valence-electron chi connectivity index (χ2n) is 12.9. The van der Waals surface area contributed by atoms with Gasteiger partial charge >= 0.3 is 12.1 Å². The van der Waals surface area contributed by atoms with E-state index >= 15 is 0 Å². The van der Waals surface area contributed by atoms with Crippen molar-refractivity contribution in [2.24, 2.45) is 17.8 Å². The zero-order valence-corrected chi connectivity index (χ0v) is 27.5. The maximum atomic E-state index is 12.8. The first-order valence-electron chi connectivity index (χ1n) is 16.1. The SMILES string of the molecule is CCC(O)C(C)C1OC1CC(C)C=CC=C(C)C1OC(=O)CC(O)CCC(C)(O)C(OC(=O)NCc2cccnc2)C=CC1C. The first-order valence-corrected chi connectivity index (χ1v) is 16.1. The van der Waals surface area contributed by atoms with Crippen molar-refractivity contribution < 1.29 is 39.1 Å². The predicted molar refractivity (Wildman–Crippen MR) is 171 cm³/mol. The Balaban J connectivity index is 1.69. The van der Waals surface area contributed by atoms with Crippen LogP contribution in [0.25, 0.3) is 0 Å². The number of allylic oxidation sites excluding steroid dienone is 3. The molecule has 0 saturated carbocycles.